The molecule has 1 aromatic heterocycles. The van der Waals surface area contributed by atoms with Crippen molar-refractivity contribution in [3.05, 3.63) is 51.5 Å². The van der Waals surface area contributed by atoms with E-state index in [1.807, 2.05) is 18.4 Å². The Kier molecular flexibility index (Phi) is 4.26. The molecule has 1 N–H and O–H groups in total. The second kappa shape index (κ2) is 6.12. The number of benzene rings is 1. The molecular formula is C14H13N3OS. The van der Waals surface area contributed by atoms with Crippen molar-refractivity contribution in [1.29, 1.82) is 5.26 Å². The van der Waals surface area contributed by atoms with E-state index in [9.17, 15) is 4.79 Å². The quantitative estimate of drug-likeness (QED) is 0.927. The minimum Gasteiger partial charge on any atom is -0.352 e. The molecule has 5 heteroatoms. The third-order valence-electron chi connectivity index (χ3n) is 2.57. The van der Waals surface area contributed by atoms with Crippen LogP contribution in [0.15, 0.2) is 29.6 Å². The van der Waals surface area contributed by atoms with Crippen LogP contribution >= 0.6 is 11.3 Å². The van der Waals surface area contributed by atoms with Gasteiger partial charge in [0.15, 0.2) is 0 Å². The third-order valence-corrected chi connectivity index (χ3v) is 3.59. The SMILES string of the molecule is Cc1csc(CCNC(=O)c2ccc(C#N)cc2)n1. The fraction of sp³-hybridized carbons (Fsp3) is 0.214. The van der Waals surface area contributed by atoms with Gasteiger partial charge < -0.3 is 5.32 Å². The highest BCUT2D eigenvalue weighted by molar-refractivity contribution is 7.09. The number of nitrogens with one attached hydrogen (secondary N) is 1. The molecule has 4 nitrogen and oxygen atoms in total. The Morgan fingerprint density at radius 2 is 2.16 bits per heavy atom. The Morgan fingerprint density at radius 1 is 1.42 bits per heavy atom. The van der Waals surface area contributed by atoms with E-state index in [1.165, 1.54) is 0 Å². The predicted octanol–water partition coefficient (Wildman–Crippen LogP) is 2.30. The average molecular weight is 271 g/mol. The molecule has 0 fully saturated rings. The maximum absolute atomic E-state index is 11.8. The summed E-state index contributed by atoms with van der Waals surface area (Å²) >= 11 is 1.60. The zero-order valence-electron chi connectivity index (χ0n) is 10.5. The van der Waals surface area contributed by atoms with Gasteiger partial charge in [0.25, 0.3) is 5.91 Å². The van der Waals surface area contributed by atoms with E-state index in [0.29, 0.717) is 17.7 Å². The van der Waals surface area contributed by atoms with Crippen molar-refractivity contribution < 1.29 is 4.79 Å². The molecule has 2 aromatic rings. The Hall–Kier alpha value is -2.19. The van der Waals surface area contributed by atoms with Crippen LogP contribution in [0.1, 0.15) is 26.6 Å². The van der Waals surface area contributed by atoms with E-state index in [-0.39, 0.29) is 5.91 Å². The highest BCUT2D eigenvalue weighted by Gasteiger charge is 2.05. The lowest BCUT2D eigenvalue weighted by atomic mass is 10.1. The first-order valence-corrected chi connectivity index (χ1v) is 6.76. The van der Waals surface area contributed by atoms with Gasteiger partial charge in [-0.05, 0) is 31.2 Å². The summed E-state index contributed by atoms with van der Waals surface area (Å²) in [6.45, 7) is 2.51. The van der Waals surface area contributed by atoms with Crippen molar-refractivity contribution >= 4 is 17.2 Å². The van der Waals surface area contributed by atoms with Crippen LogP contribution in [0, 0.1) is 18.3 Å². The van der Waals surface area contributed by atoms with Crippen LogP contribution in [-0.2, 0) is 6.42 Å². The van der Waals surface area contributed by atoms with E-state index < -0.39 is 0 Å². The van der Waals surface area contributed by atoms with Crippen LogP contribution in [0.25, 0.3) is 0 Å². The van der Waals surface area contributed by atoms with E-state index in [2.05, 4.69) is 10.3 Å². The molecular weight excluding hydrogens is 258 g/mol. The fourth-order valence-electron chi connectivity index (χ4n) is 1.60. The van der Waals surface area contributed by atoms with Gasteiger partial charge in [-0.15, -0.1) is 11.3 Å². The molecule has 1 aromatic carbocycles. The molecule has 0 aliphatic rings. The summed E-state index contributed by atoms with van der Waals surface area (Å²) in [7, 11) is 0. The molecule has 0 spiro atoms. The van der Waals surface area contributed by atoms with Crippen LogP contribution in [0.4, 0.5) is 0 Å². The van der Waals surface area contributed by atoms with Crippen molar-refractivity contribution in [3.63, 3.8) is 0 Å². The number of thiazole rings is 1. The normalized spacial score (nSPS) is 9.89. The number of nitrogens with zero attached hydrogens (tertiary/aromatic N) is 2. The Balaban J connectivity index is 1.85. The van der Waals surface area contributed by atoms with Crippen molar-refractivity contribution in [3.8, 4) is 6.07 Å². The molecule has 0 aliphatic carbocycles. The lowest BCUT2D eigenvalue weighted by Gasteiger charge is -2.03. The zero-order valence-corrected chi connectivity index (χ0v) is 11.3. The predicted molar refractivity (Wildman–Crippen MR) is 74.0 cm³/mol. The standard InChI is InChI=1S/C14H13N3OS/c1-10-9-19-13(17-10)6-7-16-14(18)12-4-2-11(8-15)3-5-12/h2-5,9H,6-7H2,1H3,(H,16,18). The number of amides is 1. The van der Waals surface area contributed by atoms with Gasteiger partial charge >= 0.3 is 0 Å². The maximum Gasteiger partial charge on any atom is 0.251 e. The summed E-state index contributed by atoms with van der Waals surface area (Å²) in [4.78, 5) is 16.2. The van der Waals surface area contributed by atoms with Crippen molar-refractivity contribution in [2.45, 2.75) is 13.3 Å². The molecule has 0 atom stereocenters. The second-order valence-corrected chi connectivity index (χ2v) is 5.02. The lowest BCUT2D eigenvalue weighted by Crippen LogP contribution is -2.25. The van der Waals surface area contributed by atoms with Gasteiger partial charge in [-0.25, -0.2) is 4.98 Å². The van der Waals surface area contributed by atoms with Gasteiger partial charge in [0.2, 0.25) is 0 Å². The minimum atomic E-state index is -0.127. The average Bonchev–Trinajstić information content (AvgIpc) is 2.84. The van der Waals surface area contributed by atoms with Crippen LogP contribution in [0.3, 0.4) is 0 Å². The Bertz CT molecular complexity index is 610. The fourth-order valence-corrected chi connectivity index (χ4v) is 2.37. The van der Waals surface area contributed by atoms with Crippen LogP contribution in [0.5, 0.6) is 0 Å². The Morgan fingerprint density at radius 3 is 2.74 bits per heavy atom. The van der Waals surface area contributed by atoms with E-state index in [1.54, 1.807) is 35.6 Å². The van der Waals surface area contributed by atoms with E-state index in [0.717, 1.165) is 17.1 Å². The number of aromatic nitrogens is 1. The van der Waals surface area contributed by atoms with E-state index in [4.69, 9.17) is 5.26 Å². The van der Waals surface area contributed by atoms with Gasteiger partial charge in [-0.1, -0.05) is 0 Å². The number of carbonyl (C=O) groups excluding carboxylic acids is 1. The second-order valence-electron chi connectivity index (χ2n) is 4.08. The molecule has 2 rings (SSSR count). The first-order chi connectivity index (χ1) is 9.19. The Labute approximate surface area is 115 Å². The number of hydrogen-bond acceptors (Lipinski definition) is 4. The molecule has 0 saturated carbocycles. The highest BCUT2D eigenvalue weighted by atomic mass is 32.1. The molecule has 19 heavy (non-hydrogen) atoms. The number of hydrogen-bond donors (Lipinski definition) is 1. The maximum atomic E-state index is 11.8. The smallest absolute Gasteiger partial charge is 0.251 e. The molecule has 1 heterocycles. The summed E-state index contributed by atoms with van der Waals surface area (Å²) < 4.78 is 0. The topological polar surface area (TPSA) is 65.8 Å². The first kappa shape index (κ1) is 13.2. The van der Waals surface area contributed by atoms with Gasteiger partial charge in [-0.2, -0.15) is 5.26 Å². The van der Waals surface area contributed by atoms with Crippen molar-refractivity contribution in [1.82, 2.24) is 10.3 Å². The van der Waals surface area contributed by atoms with Gasteiger partial charge in [0.1, 0.15) is 0 Å². The largest absolute Gasteiger partial charge is 0.352 e. The summed E-state index contributed by atoms with van der Waals surface area (Å²) in [5.41, 5.74) is 2.13. The number of rotatable bonds is 4. The van der Waals surface area contributed by atoms with Crippen LogP contribution < -0.4 is 5.32 Å². The number of aryl methyl sites for hydroxylation is 1. The minimum absolute atomic E-state index is 0.127. The molecule has 0 radical (unpaired) electrons. The number of carbonyl (C=O) groups is 1. The van der Waals surface area contributed by atoms with Gasteiger partial charge in [-0.3, -0.25) is 4.79 Å². The molecule has 96 valence electrons. The summed E-state index contributed by atoms with van der Waals surface area (Å²) in [5, 5.41) is 14.5. The van der Waals surface area contributed by atoms with Crippen LogP contribution in [-0.4, -0.2) is 17.4 Å². The van der Waals surface area contributed by atoms with Crippen LogP contribution in [0.2, 0.25) is 0 Å². The summed E-state index contributed by atoms with van der Waals surface area (Å²) in [6, 6.07) is 8.61. The third kappa shape index (κ3) is 3.63. The zero-order chi connectivity index (χ0) is 13.7. The van der Waals surface area contributed by atoms with E-state index >= 15 is 0 Å². The van der Waals surface area contributed by atoms with Crippen molar-refractivity contribution in [2.24, 2.45) is 0 Å². The summed E-state index contributed by atoms with van der Waals surface area (Å²) in [5.74, 6) is -0.127. The molecule has 0 saturated heterocycles. The lowest BCUT2D eigenvalue weighted by molar-refractivity contribution is 0.0954. The summed E-state index contributed by atoms with van der Waals surface area (Å²) in [6.07, 6.45) is 0.737. The molecule has 0 unspecified atom stereocenters. The number of nitriles is 1. The molecule has 0 aliphatic heterocycles. The first-order valence-electron chi connectivity index (χ1n) is 5.88. The monoisotopic (exact) mass is 271 g/mol. The highest BCUT2D eigenvalue weighted by Crippen LogP contribution is 2.08. The van der Waals surface area contributed by atoms with Gasteiger partial charge in [0, 0.05) is 29.6 Å². The van der Waals surface area contributed by atoms with Gasteiger partial charge in [0.05, 0.1) is 16.6 Å². The van der Waals surface area contributed by atoms with Crippen molar-refractivity contribution in [2.75, 3.05) is 6.54 Å². The molecule has 0 bridgehead atoms. The molecule has 1 amide bonds.